The number of pyridine rings is 1. The van der Waals surface area contributed by atoms with Crippen molar-refractivity contribution in [1.29, 1.82) is 0 Å². The highest BCUT2D eigenvalue weighted by Gasteiger charge is 2.25. The number of anilines is 2. The molecule has 0 bridgehead atoms. The Morgan fingerprint density at radius 3 is 2.90 bits per heavy atom. The van der Waals surface area contributed by atoms with Crippen LogP contribution < -0.4 is 10.6 Å². The fourth-order valence-corrected chi connectivity index (χ4v) is 2.89. The molecule has 3 nitrogen and oxygen atoms in total. The van der Waals surface area contributed by atoms with Gasteiger partial charge in [-0.15, -0.1) is 0 Å². The smallest absolute Gasteiger partial charge is 0.133 e. The normalized spacial score (nSPS) is 19.6. The number of nitrogens with two attached hydrogens (primary N) is 1. The molecule has 1 aliphatic heterocycles. The van der Waals surface area contributed by atoms with E-state index in [9.17, 15) is 0 Å². The summed E-state index contributed by atoms with van der Waals surface area (Å²) in [5.74, 6) is 0.999. The Hall–Kier alpha value is -1.87. The van der Waals surface area contributed by atoms with E-state index >= 15 is 0 Å². The molecule has 1 aliphatic rings. The van der Waals surface area contributed by atoms with Crippen LogP contribution in [-0.2, 0) is 6.42 Å². The molecule has 2 aromatic rings. The number of aromatic nitrogens is 1. The fourth-order valence-electron chi connectivity index (χ4n) is 2.89. The van der Waals surface area contributed by atoms with Crippen LogP contribution in [-0.4, -0.2) is 11.0 Å². The summed E-state index contributed by atoms with van der Waals surface area (Å²) in [5, 5.41) is 0. The number of fused-ring (bicyclic) bond motifs is 1. The topological polar surface area (TPSA) is 42.1 Å². The molecule has 0 aliphatic carbocycles. The van der Waals surface area contributed by atoms with Crippen molar-refractivity contribution in [3.8, 4) is 0 Å². The summed E-state index contributed by atoms with van der Waals surface area (Å²) in [5.41, 5.74) is 9.80. The lowest BCUT2D eigenvalue weighted by molar-refractivity contribution is 0.613. The summed E-state index contributed by atoms with van der Waals surface area (Å²) >= 11 is 0. The Balaban J connectivity index is 2.07. The Labute approximate surface area is 120 Å². The summed E-state index contributed by atoms with van der Waals surface area (Å²) in [6.07, 6.45) is 4.15. The predicted octanol–water partition coefficient (Wildman–Crippen LogP) is 3.57. The van der Waals surface area contributed by atoms with Crippen LogP contribution in [0.15, 0.2) is 42.6 Å². The van der Waals surface area contributed by atoms with Crippen LogP contribution in [0, 0.1) is 0 Å². The van der Waals surface area contributed by atoms with Crippen molar-refractivity contribution in [2.75, 3.05) is 4.90 Å². The molecule has 2 unspecified atom stereocenters. The van der Waals surface area contributed by atoms with Crippen molar-refractivity contribution in [2.45, 2.75) is 38.8 Å². The second-order valence-corrected chi connectivity index (χ2v) is 5.62. The van der Waals surface area contributed by atoms with Crippen LogP contribution in [0.25, 0.3) is 0 Å². The van der Waals surface area contributed by atoms with Gasteiger partial charge in [0.25, 0.3) is 0 Å². The molecule has 3 rings (SSSR count). The summed E-state index contributed by atoms with van der Waals surface area (Å²) < 4.78 is 0. The fraction of sp³-hybridized carbons (Fsp3) is 0.353. The minimum Gasteiger partial charge on any atom is -0.324 e. The first-order valence-electron chi connectivity index (χ1n) is 7.25. The van der Waals surface area contributed by atoms with Crippen molar-refractivity contribution in [3.05, 3.63) is 53.7 Å². The van der Waals surface area contributed by atoms with Gasteiger partial charge >= 0.3 is 0 Å². The second kappa shape index (κ2) is 5.25. The molecule has 2 atom stereocenters. The number of para-hydroxylation sites is 1. The van der Waals surface area contributed by atoms with Crippen LogP contribution in [0.1, 0.15) is 37.4 Å². The zero-order valence-corrected chi connectivity index (χ0v) is 12.1. The molecule has 1 aromatic heterocycles. The Morgan fingerprint density at radius 2 is 2.10 bits per heavy atom. The van der Waals surface area contributed by atoms with E-state index in [4.69, 9.17) is 5.73 Å². The van der Waals surface area contributed by atoms with Gasteiger partial charge in [-0.2, -0.15) is 0 Å². The van der Waals surface area contributed by atoms with E-state index in [-0.39, 0.29) is 6.04 Å². The average molecular weight is 267 g/mol. The van der Waals surface area contributed by atoms with Crippen molar-refractivity contribution >= 4 is 11.5 Å². The number of hydrogen-bond donors (Lipinski definition) is 1. The molecule has 2 heterocycles. The highest BCUT2D eigenvalue weighted by molar-refractivity contribution is 5.66. The summed E-state index contributed by atoms with van der Waals surface area (Å²) in [6.45, 7) is 4.27. The van der Waals surface area contributed by atoms with E-state index in [1.807, 2.05) is 19.2 Å². The maximum Gasteiger partial charge on any atom is 0.133 e. The molecule has 20 heavy (non-hydrogen) atoms. The maximum atomic E-state index is 6.00. The largest absolute Gasteiger partial charge is 0.324 e. The monoisotopic (exact) mass is 267 g/mol. The maximum absolute atomic E-state index is 6.00. The Morgan fingerprint density at radius 1 is 1.30 bits per heavy atom. The van der Waals surface area contributed by atoms with E-state index < -0.39 is 0 Å². The standard InChI is InChI=1S/C17H21N3/c1-12-7-8-14-5-3-4-6-16(14)20(12)17-11-15(13(2)18)9-10-19-17/h3-6,9-13H,7-8,18H2,1-2H3. The Kier molecular flexibility index (Phi) is 3.45. The lowest BCUT2D eigenvalue weighted by atomic mass is 9.96. The van der Waals surface area contributed by atoms with Gasteiger partial charge in [0.1, 0.15) is 5.82 Å². The van der Waals surface area contributed by atoms with Crippen molar-refractivity contribution in [3.63, 3.8) is 0 Å². The van der Waals surface area contributed by atoms with Gasteiger partial charge in [0, 0.05) is 24.0 Å². The number of aryl methyl sites for hydroxylation is 1. The first-order valence-corrected chi connectivity index (χ1v) is 7.25. The van der Waals surface area contributed by atoms with Crippen LogP contribution >= 0.6 is 0 Å². The van der Waals surface area contributed by atoms with E-state index in [0.29, 0.717) is 6.04 Å². The molecular weight excluding hydrogens is 246 g/mol. The SMILES string of the molecule is CC(N)c1ccnc(N2c3ccccc3CCC2C)c1. The van der Waals surface area contributed by atoms with Crippen molar-refractivity contribution in [2.24, 2.45) is 5.73 Å². The van der Waals surface area contributed by atoms with Gasteiger partial charge in [0.05, 0.1) is 0 Å². The van der Waals surface area contributed by atoms with Gasteiger partial charge in [-0.1, -0.05) is 18.2 Å². The number of nitrogens with zero attached hydrogens (tertiary/aromatic N) is 2. The third-order valence-corrected chi connectivity index (χ3v) is 4.07. The van der Waals surface area contributed by atoms with Gasteiger partial charge in [0.2, 0.25) is 0 Å². The summed E-state index contributed by atoms with van der Waals surface area (Å²) in [7, 11) is 0. The summed E-state index contributed by atoms with van der Waals surface area (Å²) in [6, 6.07) is 13.2. The molecule has 0 saturated carbocycles. The van der Waals surface area contributed by atoms with Gasteiger partial charge in [0.15, 0.2) is 0 Å². The number of rotatable bonds is 2. The van der Waals surface area contributed by atoms with Crippen LogP contribution in [0.2, 0.25) is 0 Å². The molecule has 0 radical (unpaired) electrons. The van der Waals surface area contributed by atoms with E-state index in [2.05, 4.69) is 47.1 Å². The number of benzene rings is 1. The third kappa shape index (κ3) is 2.29. The highest BCUT2D eigenvalue weighted by Crippen LogP contribution is 2.36. The van der Waals surface area contributed by atoms with Gasteiger partial charge in [-0.25, -0.2) is 4.98 Å². The molecule has 104 valence electrons. The third-order valence-electron chi connectivity index (χ3n) is 4.07. The quantitative estimate of drug-likeness (QED) is 0.904. The number of hydrogen-bond acceptors (Lipinski definition) is 3. The first kappa shape index (κ1) is 13.1. The lowest BCUT2D eigenvalue weighted by Crippen LogP contribution is -2.33. The molecule has 3 heteroatoms. The van der Waals surface area contributed by atoms with Crippen LogP contribution in [0.3, 0.4) is 0 Å². The zero-order chi connectivity index (χ0) is 14.1. The van der Waals surface area contributed by atoms with Gasteiger partial charge < -0.3 is 10.6 Å². The predicted molar refractivity (Wildman–Crippen MR) is 83.2 cm³/mol. The molecule has 0 spiro atoms. The van der Waals surface area contributed by atoms with Crippen LogP contribution in [0.4, 0.5) is 11.5 Å². The minimum atomic E-state index is 0.0343. The van der Waals surface area contributed by atoms with Crippen LogP contribution in [0.5, 0.6) is 0 Å². The molecule has 1 aromatic carbocycles. The summed E-state index contributed by atoms with van der Waals surface area (Å²) in [4.78, 5) is 6.90. The molecule has 2 N–H and O–H groups in total. The zero-order valence-electron chi connectivity index (χ0n) is 12.1. The molecule has 0 saturated heterocycles. The van der Waals surface area contributed by atoms with Crippen molar-refractivity contribution in [1.82, 2.24) is 4.98 Å². The minimum absolute atomic E-state index is 0.0343. The van der Waals surface area contributed by atoms with E-state index in [1.54, 1.807) is 0 Å². The van der Waals surface area contributed by atoms with E-state index in [1.165, 1.54) is 11.3 Å². The molecule has 0 amide bonds. The molecule has 0 fully saturated rings. The average Bonchev–Trinajstić information content (AvgIpc) is 2.47. The second-order valence-electron chi connectivity index (χ2n) is 5.62. The van der Waals surface area contributed by atoms with Crippen molar-refractivity contribution < 1.29 is 0 Å². The highest BCUT2D eigenvalue weighted by atomic mass is 15.2. The van der Waals surface area contributed by atoms with E-state index in [0.717, 1.165) is 24.2 Å². The first-order chi connectivity index (χ1) is 9.66. The Bertz CT molecular complexity index is 607. The molecular formula is C17H21N3. The van der Waals surface area contributed by atoms with Gasteiger partial charge in [-0.3, -0.25) is 0 Å². The lowest BCUT2D eigenvalue weighted by Gasteiger charge is -2.36. The van der Waals surface area contributed by atoms with Gasteiger partial charge in [-0.05, 0) is 56.0 Å².